The number of amides is 1. The van der Waals surface area contributed by atoms with Crippen LogP contribution in [0.5, 0.6) is 0 Å². The second-order valence-corrected chi connectivity index (χ2v) is 8.54. The van der Waals surface area contributed by atoms with E-state index in [4.69, 9.17) is 16.3 Å². The van der Waals surface area contributed by atoms with Crippen LogP contribution in [0, 0.1) is 0 Å². The smallest absolute Gasteiger partial charge is 0.328 e. The number of fused-ring (bicyclic) bond motifs is 1. The van der Waals surface area contributed by atoms with E-state index >= 15 is 0 Å². The highest BCUT2D eigenvalue weighted by Crippen LogP contribution is 2.22. The van der Waals surface area contributed by atoms with Crippen LogP contribution >= 0.6 is 11.6 Å². The maximum Gasteiger partial charge on any atom is 0.328 e. The predicted molar refractivity (Wildman–Crippen MR) is 129 cm³/mol. The molecule has 4 N–H and O–H groups in total. The lowest BCUT2D eigenvalue weighted by atomic mass is 10.0. The molecule has 1 amide bonds. The number of halogens is 1. The largest absolute Gasteiger partial charge is 0.464 e. The molecule has 1 heterocycles. The first-order chi connectivity index (χ1) is 15.8. The molecule has 0 aliphatic carbocycles. The van der Waals surface area contributed by atoms with Gasteiger partial charge in [0.15, 0.2) is 0 Å². The molecule has 0 fully saturated rings. The number of hydrogen-bond acceptors (Lipinski definition) is 5. The predicted octanol–water partition coefficient (Wildman–Crippen LogP) is 3.76. The molecule has 3 rings (SSSR count). The molecule has 1 aromatic heterocycles. The summed E-state index contributed by atoms with van der Waals surface area (Å²) >= 11 is 6.00. The van der Waals surface area contributed by atoms with Crippen molar-refractivity contribution in [2.75, 3.05) is 13.2 Å². The lowest BCUT2D eigenvalue weighted by molar-refractivity contribution is -0.144. The Morgan fingerprint density at radius 1 is 1.18 bits per heavy atom. The van der Waals surface area contributed by atoms with Crippen LogP contribution in [0.2, 0.25) is 5.02 Å². The zero-order valence-electron chi connectivity index (χ0n) is 19.0. The van der Waals surface area contributed by atoms with E-state index in [1.165, 1.54) is 0 Å². The van der Waals surface area contributed by atoms with Crippen LogP contribution in [0.15, 0.2) is 48.7 Å². The molecule has 0 radical (unpaired) electrons. The van der Waals surface area contributed by atoms with Crippen LogP contribution in [0.3, 0.4) is 0 Å². The van der Waals surface area contributed by atoms with E-state index < -0.39 is 18.1 Å². The van der Waals surface area contributed by atoms with Crippen LogP contribution in [0.4, 0.5) is 0 Å². The lowest BCUT2D eigenvalue weighted by Gasteiger charge is -2.17. The third kappa shape index (κ3) is 6.57. The molecule has 176 valence electrons. The number of H-pyrrole nitrogens is 1. The van der Waals surface area contributed by atoms with E-state index in [0.29, 0.717) is 17.1 Å². The molecule has 3 aromatic rings. The number of benzene rings is 2. The molecule has 0 spiro atoms. The molecular weight excluding hydrogens is 442 g/mol. The molecule has 0 aliphatic rings. The topological polar surface area (TPSA) is 103 Å². The average molecular weight is 472 g/mol. The van der Waals surface area contributed by atoms with E-state index in [1.54, 1.807) is 38.1 Å². The zero-order valence-corrected chi connectivity index (χ0v) is 19.8. The monoisotopic (exact) mass is 471 g/mol. The number of ether oxygens (including phenoxy) is 1. The van der Waals surface area contributed by atoms with Gasteiger partial charge in [0, 0.05) is 40.3 Å². The maximum absolute atomic E-state index is 12.5. The molecule has 7 nitrogen and oxygen atoms in total. The van der Waals surface area contributed by atoms with Gasteiger partial charge in [-0.1, -0.05) is 29.8 Å². The lowest BCUT2D eigenvalue weighted by Crippen LogP contribution is -2.39. The van der Waals surface area contributed by atoms with Crippen LogP contribution in [-0.2, 0) is 16.0 Å². The number of aromatic nitrogens is 1. The van der Waals surface area contributed by atoms with E-state index in [0.717, 1.165) is 28.5 Å². The highest BCUT2D eigenvalue weighted by atomic mass is 35.5. The minimum Gasteiger partial charge on any atom is -0.464 e. The van der Waals surface area contributed by atoms with E-state index in [1.807, 2.05) is 24.4 Å². The first kappa shape index (κ1) is 24.8. The summed E-state index contributed by atoms with van der Waals surface area (Å²) in [6.45, 7) is 6.05. The summed E-state index contributed by atoms with van der Waals surface area (Å²) in [5.41, 5.74) is 3.18. The van der Waals surface area contributed by atoms with Crippen molar-refractivity contribution in [2.24, 2.45) is 0 Å². The number of carbonyl (C=O) groups excluding carboxylic acids is 2. The number of nitrogens with one attached hydrogen (secondary N) is 3. The average Bonchev–Trinajstić information content (AvgIpc) is 3.19. The van der Waals surface area contributed by atoms with Crippen LogP contribution in [0.1, 0.15) is 48.4 Å². The van der Waals surface area contributed by atoms with Gasteiger partial charge in [-0.15, -0.1) is 0 Å². The minimum atomic E-state index is -0.721. The molecule has 0 unspecified atom stereocenters. The van der Waals surface area contributed by atoms with Gasteiger partial charge >= 0.3 is 5.97 Å². The van der Waals surface area contributed by atoms with Gasteiger partial charge in [0.05, 0.1) is 12.7 Å². The van der Waals surface area contributed by atoms with Crippen LogP contribution < -0.4 is 10.6 Å². The van der Waals surface area contributed by atoms with Crippen molar-refractivity contribution in [1.82, 2.24) is 15.6 Å². The Morgan fingerprint density at radius 2 is 1.97 bits per heavy atom. The number of aliphatic hydroxyl groups is 1. The first-order valence-corrected chi connectivity index (χ1v) is 11.4. The number of esters is 1. The van der Waals surface area contributed by atoms with Gasteiger partial charge in [-0.05, 0) is 62.6 Å². The third-order valence-electron chi connectivity index (χ3n) is 5.44. The van der Waals surface area contributed by atoms with Gasteiger partial charge in [-0.2, -0.15) is 0 Å². The molecule has 0 saturated heterocycles. The summed E-state index contributed by atoms with van der Waals surface area (Å²) in [6, 6.07) is 12.0. The molecule has 2 aromatic carbocycles. The van der Waals surface area contributed by atoms with Crippen molar-refractivity contribution in [1.29, 1.82) is 0 Å². The van der Waals surface area contributed by atoms with E-state index in [-0.39, 0.29) is 18.6 Å². The van der Waals surface area contributed by atoms with E-state index in [2.05, 4.69) is 22.5 Å². The van der Waals surface area contributed by atoms with Gasteiger partial charge < -0.3 is 25.5 Å². The van der Waals surface area contributed by atoms with Gasteiger partial charge in [0.1, 0.15) is 6.04 Å². The highest BCUT2D eigenvalue weighted by molar-refractivity contribution is 6.30. The second-order valence-electron chi connectivity index (χ2n) is 8.11. The van der Waals surface area contributed by atoms with Gasteiger partial charge in [-0.25, -0.2) is 4.79 Å². The SMILES string of the molecule is CCOC(=O)[C@H](C)NC(=O)c1ccc2c(C[C@@H](C)NC[C@H](O)c3cccc(Cl)c3)c[nH]c2c1. The Balaban J connectivity index is 1.59. The Bertz CT molecular complexity index is 1110. The molecule has 0 aliphatic heterocycles. The van der Waals surface area contributed by atoms with E-state index in [9.17, 15) is 14.7 Å². The maximum atomic E-state index is 12.5. The number of aromatic amines is 1. The Kier molecular flexibility index (Phi) is 8.49. The standard InChI is InChI=1S/C25H30ClN3O4/c1-4-33-25(32)16(3)29-24(31)18-8-9-21-19(13-28-22(21)12-18)10-15(2)27-14-23(30)17-6-5-7-20(26)11-17/h5-9,11-13,15-16,23,27-28,30H,4,10,14H2,1-3H3,(H,29,31)/t15-,16+,23+/m1/s1. The summed E-state index contributed by atoms with van der Waals surface area (Å²) in [4.78, 5) is 27.5. The molecule has 33 heavy (non-hydrogen) atoms. The molecule has 0 bridgehead atoms. The zero-order chi connectivity index (χ0) is 24.0. The fourth-order valence-corrected chi connectivity index (χ4v) is 3.85. The van der Waals surface area contributed by atoms with Crippen LogP contribution in [-0.4, -0.2) is 47.2 Å². The molecule has 0 saturated carbocycles. The van der Waals surface area contributed by atoms with Gasteiger partial charge in [-0.3, -0.25) is 4.79 Å². The quantitative estimate of drug-likeness (QED) is 0.337. The fraction of sp³-hybridized carbons (Fsp3) is 0.360. The Morgan fingerprint density at radius 3 is 2.70 bits per heavy atom. The number of carbonyl (C=O) groups is 2. The normalized spacial score (nSPS) is 14.0. The molecule has 3 atom stereocenters. The minimum absolute atomic E-state index is 0.117. The summed E-state index contributed by atoms with van der Waals surface area (Å²) in [5.74, 6) is -0.797. The number of hydrogen-bond donors (Lipinski definition) is 4. The van der Waals surface area contributed by atoms with Crippen molar-refractivity contribution < 1.29 is 19.4 Å². The molecule has 8 heteroatoms. The second kappa shape index (κ2) is 11.3. The van der Waals surface area contributed by atoms with Crippen LogP contribution in [0.25, 0.3) is 10.9 Å². The van der Waals surface area contributed by atoms with Crippen molar-refractivity contribution in [3.05, 3.63) is 70.4 Å². The highest BCUT2D eigenvalue weighted by Gasteiger charge is 2.18. The van der Waals surface area contributed by atoms with Crippen molar-refractivity contribution >= 4 is 34.4 Å². The number of aliphatic hydroxyl groups excluding tert-OH is 1. The van der Waals surface area contributed by atoms with Gasteiger partial charge in [0.25, 0.3) is 5.91 Å². The summed E-state index contributed by atoms with van der Waals surface area (Å²) in [5, 5.41) is 18.0. The van der Waals surface area contributed by atoms with Crippen molar-refractivity contribution in [3.63, 3.8) is 0 Å². The molecular formula is C25H30ClN3O4. The van der Waals surface area contributed by atoms with Crippen molar-refractivity contribution in [3.8, 4) is 0 Å². The summed E-state index contributed by atoms with van der Waals surface area (Å²) in [7, 11) is 0. The van der Waals surface area contributed by atoms with Gasteiger partial charge in [0.2, 0.25) is 0 Å². The Hall–Kier alpha value is -2.87. The van der Waals surface area contributed by atoms with Crippen molar-refractivity contribution in [2.45, 2.75) is 45.4 Å². The fourth-order valence-electron chi connectivity index (χ4n) is 3.65. The number of rotatable bonds is 10. The first-order valence-electron chi connectivity index (χ1n) is 11.0. The summed E-state index contributed by atoms with van der Waals surface area (Å²) < 4.78 is 4.93. The summed E-state index contributed by atoms with van der Waals surface area (Å²) in [6.07, 6.45) is 2.03. The third-order valence-corrected chi connectivity index (χ3v) is 5.67. The Labute approximate surface area is 198 Å².